The van der Waals surface area contributed by atoms with Crippen LogP contribution < -0.4 is 15.4 Å². The number of rotatable bonds is 7. The van der Waals surface area contributed by atoms with Crippen molar-refractivity contribution in [2.45, 2.75) is 12.6 Å². The van der Waals surface area contributed by atoms with Crippen LogP contribution in [0.1, 0.15) is 5.56 Å². The van der Waals surface area contributed by atoms with Crippen LogP contribution in [0.4, 0.5) is 11.6 Å². The third-order valence-corrected chi connectivity index (χ3v) is 5.03. The number of aromatic amines is 1. The number of H-pyrrole nitrogens is 1. The molecule has 1 aliphatic rings. The molecule has 4 aromatic rings. The van der Waals surface area contributed by atoms with Gasteiger partial charge in [-0.15, -0.1) is 0 Å². The van der Waals surface area contributed by atoms with Crippen LogP contribution in [0.15, 0.2) is 60.8 Å². The highest BCUT2D eigenvalue weighted by atomic mass is 35.5. The summed E-state index contributed by atoms with van der Waals surface area (Å²) in [5, 5.41) is 7.22. The molecule has 0 bridgehead atoms. The third-order valence-electron chi connectivity index (χ3n) is 4.81. The zero-order chi connectivity index (χ0) is 20.3. The van der Waals surface area contributed by atoms with E-state index in [1.54, 1.807) is 18.3 Å². The average molecular weight is 422 g/mol. The van der Waals surface area contributed by atoms with Gasteiger partial charge in [0.1, 0.15) is 16.7 Å². The van der Waals surface area contributed by atoms with Gasteiger partial charge in [-0.1, -0.05) is 23.7 Å². The Bertz CT molecular complexity index is 1140. The molecule has 0 saturated carbocycles. The van der Waals surface area contributed by atoms with Crippen molar-refractivity contribution in [1.29, 1.82) is 0 Å². The molecule has 5 rings (SSSR count). The second-order valence-electron chi connectivity index (χ2n) is 7.11. The van der Waals surface area contributed by atoms with Gasteiger partial charge >= 0.3 is 0 Å². The maximum atomic E-state index is 5.79. The van der Waals surface area contributed by atoms with Gasteiger partial charge in [0.25, 0.3) is 0 Å². The summed E-state index contributed by atoms with van der Waals surface area (Å²) in [4.78, 5) is 11.9. The minimum atomic E-state index is 0.394. The fourth-order valence-electron chi connectivity index (χ4n) is 3.16. The number of benzene rings is 2. The summed E-state index contributed by atoms with van der Waals surface area (Å²) >= 11 is 5.79. The van der Waals surface area contributed by atoms with E-state index in [0.717, 1.165) is 47.2 Å². The van der Waals surface area contributed by atoms with E-state index in [1.165, 1.54) is 0 Å². The van der Waals surface area contributed by atoms with Gasteiger partial charge in [0.2, 0.25) is 5.95 Å². The van der Waals surface area contributed by atoms with Gasteiger partial charge in [-0.3, -0.25) is 0 Å². The molecule has 0 spiro atoms. The summed E-state index contributed by atoms with van der Waals surface area (Å²) in [5.74, 6) is 2.12. The highest BCUT2D eigenvalue weighted by molar-refractivity contribution is 6.29. The molecule has 0 unspecified atom stereocenters. The van der Waals surface area contributed by atoms with Crippen LogP contribution >= 0.6 is 11.6 Å². The Kier molecular flexibility index (Phi) is 5.13. The van der Waals surface area contributed by atoms with Crippen molar-refractivity contribution < 1.29 is 9.47 Å². The SMILES string of the molecule is Clc1ccc(Oc2ccc(CNc3nc4ccc(NC5COC5)cc4[nH]3)cc2)cn1. The summed E-state index contributed by atoms with van der Waals surface area (Å²) in [5.41, 5.74) is 4.10. The fraction of sp³-hybridized carbons (Fsp3) is 0.182. The van der Waals surface area contributed by atoms with Gasteiger partial charge in [0.05, 0.1) is 36.5 Å². The minimum absolute atomic E-state index is 0.394. The lowest BCUT2D eigenvalue weighted by Crippen LogP contribution is -2.40. The largest absolute Gasteiger partial charge is 0.456 e. The van der Waals surface area contributed by atoms with Crippen molar-refractivity contribution in [3.63, 3.8) is 0 Å². The van der Waals surface area contributed by atoms with Crippen LogP contribution in [0, 0.1) is 0 Å². The van der Waals surface area contributed by atoms with Crippen LogP contribution in [0.25, 0.3) is 11.0 Å². The number of pyridine rings is 1. The van der Waals surface area contributed by atoms with E-state index >= 15 is 0 Å². The number of ether oxygens (including phenoxy) is 2. The summed E-state index contributed by atoms with van der Waals surface area (Å²) in [6, 6.07) is 17.9. The predicted octanol–water partition coefficient (Wildman–Crippen LogP) is 4.83. The lowest BCUT2D eigenvalue weighted by Gasteiger charge is -2.27. The van der Waals surface area contributed by atoms with Crippen molar-refractivity contribution in [2.24, 2.45) is 0 Å². The maximum absolute atomic E-state index is 5.79. The normalized spacial score (nSPS) is 13.8. The summed E-state index contributed by atoms with van der Waals surface area (Å²) < 4.78 is 11.0. The molecule has 1 saturated heterocycles. The molecular weight excluding hydrogens is 402 g/mol. The number of hydrogen-bond donors (Lipinski definition) is 3. The molecule has 0 atom stereocenters. The lowest BCUT2D eigenvalue weighted by molar-refractivity contribution is 0.0211. The number of hydrogen-bond acceptors (Lipinski definition) is 6. The number of fused-ring (bicyclic) bond motifs is 1. The van der Waals surface area contributed by atoms with Crippen molar-refractivity contribution in [3.05, 3.63) is 71.5 Å². The summed E-state index contributed by atoms with van der Waals surface area (Å²) in [6.07, 6.45) is 1.60. The molecule has 0 aliphatic carbocycles. The number of nitrogens with zero attached hydrogens (tertiary/aromatic N) is 2. The van der Waals surface area contributed by atoms with Gasteiger partial charge in [0, 0.05) is 12.2 Å². The molecule has 152 valence electrons. The lowest BCUT2D eigenvalue weighted by atomic mass is 10.2. The van der Waals surface area contributed by atoms with Crippen LogP contribution in [-0.4, -0.2) is 34.2 Å². The smallest absolute Gasteiger partial charge is 0.201 e. The Hall–Kier alpha value is -3.29. The first-order chi connectivity index (χ1) is 14.7. The molecule has 2 aromatic heterocycles. The number of aromatic nitrogens is 3. The van der Waals surface area contributed by atoms with Gasteiger partial charge in [0.15, 0.2) is 0 Å². The maximum Gasteiger partial charge on any atom is 0.201 e. The molecule has 0 radical (unpaired) electrons. The van der Waals surface area contributed by atoms with E-state index in [0.29, 0.717) is 23.5 Å². The van der Waals surface area contributed by atoms with E-state index in [1.807, 2.05) is 36.4 Å². The number of halogens is 1. The van der Waals surface area contributed by atoms with E-state index in [2.05, 4.69) is 31.7 Å². The Morgan fingerprint density at radius 3 is 2.63 bits per heavy atom. The molecule has 8 heteroatoms. The standard InChI is InChI=1S/C22H20ClN5O2/c23-21-8-6-18(11-24-21)30-17-4-1-14(2-5-17)10-25-22-27-19-7-3-15(9-20(19)28-22)26-16-12-29-13-16/h1-9,11,16,26H,10,12-13H2,(H2,25,27,28). The zero-order valence-corrected chi connectivity index (χ0v) is 16.8. The van der Waals surface area contributed by atoms with Gasteiger partial charge in [-0.2, -0.15) is 0 Å². The van der Waals surface area contributed by atoms with Gasteiger partial charge in [-0.05, 0) is 48.0 Å². The van der Waals surface area contributed by atoms with Gasteiger partial charge < -0.3 is 25.1 Å². The van der Waals surface area contributed by atoms with Crippen LogP contribution in [-0.2, 0) is 11.3 Å². The fourth-order valence-corrected chi connectivity index (χ4v) is 3.27. The molecule has 1 fully saturated rings. The van der Waals surface area contributed by atoms with Crippen molar-refractivity contribution in [3.8, 4) is 11.5 Å². The van der Waals surface area contributed by atoms with Crippen molar-refractivity contribution in [2.75, 3.05) is 23.8 Å². The van der Waals surface area contributed by atoms with Crippen LogP contribution in [0.2, 0.25) is 5.15 Å². The second kappa shape index (κ2) is 8.22. The molecule has 30 heavy (non-hydrogen) atoms. The Labute approximate surface area is 178 Å². The van der Waals surface area contributed by atoms with E-state index < -0.39 is 0 Å². The first-order valence-electron chi connectivity index (χ1n) is 9.67. The van der Waals surface area contributed by atoms with Crippen molar-refractivity contribution >= 4 is 34.3 Å². The number of anilines is 2. The molecule has 3 N–H and O–H groups in total. The molecular formula is C22H20ClN5O2. The Balaban J connectivity index is 1.20. The van der Waals surface area contributed by atoms with E-state index in [9.17, 15) is 0 Å². The van der Waals surface area contributed by atoms with Crippen LogP contribution in [0.5, 0.6) is 11.5 Å². The first-order valence-corrected chi connectivity index (χ1v) is 10.1. The highest BCUT2D eigenvalue weighted by Crippen LogP contribution is 2.23. The molecule has 1 aliphatic heterocycles. The van der Waals surface area contributed by atoms with E-state index in [4.69, 9.17) is 21.1 Å². The highest BCUT2D eigenvalue weighted by Gasteiger charge is 2.17. The minimum Gasteiger partial charge on any atom is -0.456 e. The molecule has 0 amide bonds. The summed E-state index contributed by atoms with van der Waals surface area (Å²) in [7, 11) is 0. The quantitative estimate of drug-likeness (QED) is 0.371. The second-order valence-corrected chi connectivity index (χ2v) is 7.50. The van der Waals surface area contributed by atoms with Crippen molar-refractivity contribution in [1.82, 2.24) is 15.0 Å². The first kappa shape index (κ1) is 18.7. The Morgan fingerprint density at radius 1 is 1.07 bits per heavy atom. The topological polar surface area (TPSA) is 84.1 Å². The molecule has 7 nitrogen and oxygen atoms in total. The van der Waals surface area contributed by atoms with E-state index in [-0.39, 0.29) is 0 Å². The third kappa shape index (κ3) is 4.32. The summed E-state index contributed by atoms with van der Waals surface area (Å²) in [6.45, 7) is 2.16. The van der Waals surface area contributed by atoms with Crippen LogP contribution in [0.3, 0.4) is 0 Å². The average Bonchev–Trinajstić information content (AvgIpc) is 3.14. The molecule has 3 heterocycles. The number of nitrogens with one attached hydrogen (secondary N) is 3. The van der Waals surface area contributed by atoms with Gasteiger partial charge in [-0.25, -0.2) is 9.97 Å². The zero-order valence-electron chi connectivity index (χ0n) is 16.1. The number of imidazole rings is 1. The monoisotopic (exact) mass is 421 g/mol. The Morgan fingerprint density at radius 2 is 1.90 bits per heavy atom. The predicted molar refractivity (Wildman–Crippen MR) is 117 cm³/mol. The molecule has 2 aromatic carbocycles.